The van der Waals surface area contributed by atoms with E-state index < -0.39 is 0 Å². The molecule has 2 aromatic heterocycles. The summed E-state index contributed by atoms with van der Waals surface area (Å²) in [5.41, 5.74) is 9.27. The van der Waals surface area contributed by atoms with E-state index in [9.17, 15) is 0 Å². The van der Waals surface area contributed by atoms with Crippen molar-refractivity contribution >= 4 is 28.7 Å². The second-order valence-electron chi connectivity index (χ2n) is 9.41. The van der Waals surface area contributed by atoms with Gasteiger partial charge in [-0.25, -0.2) is 0 Å². The summed E-state index contributed by atoms with van der Waals surface area (Å²) in [6, 6.07) is 25.5. The lowest BCUT2D eigenvalue weighted by Gasteiger charge is -2.28. The van der Waals surface area contributed by atoms with E-state index >= 15 is 0 Å². The fourth-order valence-corrected chi connectivity index (χ4v) is 5.46. The molecule has 178 valence electrons. The maximum absolute atomic E-state index is 5.92. The number of rotatable bonds is 5. The molecule has 6 heteroatoms. The van der Waals surface area contributed by atoms with E-state index in [2.05, 4.69) is 115 Å². The average Bonchev–Trinajstić information content (AvgIpc) is 3.34. The molecule has 0 bridgehead atoms. The molecule has 0 radical (unpaired) electrons. The average molecular weight is 482 g/mol. The highest BCUT2D eigenvalue weighted by Gasteiger charge is 2.42. The topological polar surface area (TPSA) is 36.3 Å². The monoisotopic (exact) mass is 481 g/mol. The molecule has 4 aromatic rings. The summed E-state index contributed by atoms with van der Waals surface area (Å²) in [4.78, 5) is 9.05. The third-order valence-corrected chi connectivity index (χ3v) is 7.11. The van der Waals surface area contributed by atoms with Crippen LogP contribution in [-0.4, -0.2) is 28.8 Å². The Morgan fingerprint density at radius 2 is 1.66 bits per heavy atom. The minimum Gasteiger partial charge on any atom is -0.378 e. The molecule has 1 aliphatic heterocycles. The molecule has 1 aliphatic rings. The van der Waals surface area contributed by atoms with E-state index in [0.29, 0.717) is 5.11 Å². The van der Waals surface area contributed by atoms with Gasteiger partial charge in [0, 0.05) is 48.7 Å². The van der Waals surface area contributed by atoms with Gasteiger partial charge in [-0.3, -0.25) is 4.98 Å². The van der Waals surface area contributed by atoms with Crippen molar-refractivity contribution in [1.82, 2.24) is 14.9 Å². The van der Waals surface area contributed by atoms with Crippen molar-refractivity contribution in [2.45, 2.75) is 32.9 Å². The lowest BCUT2D eigenvalue weighted by Crippen LogP contribution is -2.29. The number of hydrogen-bond donors (Lipinski definition) is 1. The Hall–Kier alpha value is -3.64. The molecule has 5 rings (SSSR count). The first-order chi connectivity index (χ1) is 16.8. The van der Waals surface area contributed by atoms with Crippen LogP contribution in [0.1, 0.15) is 40.3 Å². The van der Waals surface area contributed by atoms with Gasteiger partial charge in [-0.15, -0.1) is 0 Å². The molecular weight excluding hydrogens is 450 g/mol. The smallest absolute Gasteiger partial charge is 0.174 e. The SMILES string of the molecule is Cc1cccc(-n2c(C)cc(C3C(c4ccccn4)NC(=S)N3c3ccc(N(C)C)cc3)c2C)c1. The van der Waals surface area contributed by atoms with Gasteiger partial charge in [-0.1, -0.05) is 18.2 Å². The Labute approximate surface area is 213 Å². The second-order valence-corrected chi connectivity index (χ2v) is 9.80. The van der Waals surface area contributed by atoms with Crippen molar-refractivity contribution < 1.29 is 0 Å². The summed E-state index contributed by atoms with van der Waals surface area (Å²) in [5.74, 6) is 0. The number of aromatic nitrogens is 2. The summed E-state index contributed by atoms with van der Waals surface area (Å²) < 4.78 is 2.34. The Bertz CT molecular complexity index is 1360. The molecule has 0 aliphatic carbocycles. The standard InChI is InChI=1S/C29H31N5S/c1-19-9-8-10-24(17-19)33-20(2)18-25(21(33)3)28-27(26-11-6-7-16-30-26)31-29(35)34(28)23-14-12-22(13-15-23)32(4)5/h6-18,27-28H,1-5H3,(H,31,35). The molecule has 35 heavy (non-hydrogen) atoms. The minimum atomic E-state index is -0.0660. The third-order valence-electron chi connectivity index (χ3n) is 6.79. The van der Waals surface area contributed by atoms with Gasteiger partial charge >= 0.3 is 0 Å². The maximum atomic E-state index is 5.92. The van der Waals surface area contributed by atoms with Crippen molar-refractivity contribution in [2.24, 2.45) is 0 Å². The van der Waals surface area contributed by atoms with Crippen LogP contribution in [0, 0.1) is 20.8 Å². The van der Waals surface area contributed by atoms with Gasteiger partial charge in [0.1, 0.15) is 0 Å². The highest BCUT2D eigenvalue weighted by Crippen LogP contribution is 2.44. The first kappa shape index (κ1) is 23.1. The fraction of sp³-hybridized carbons (Fsp3) is 0.241. The van der Waals surface area contributed by atoms with Gasteiger partial charge in [0.25, 0.3) is 0 Å². The van der Waals surface area contributed by atoms with Crippen LogP contribution in [0.15, 0.2) is 79.0 Å². The van der Waals surface area contributed by atoms with Crippen LogP contribution in [0.4, 0.5) is 11.4 Å². The second kappa shape index (κ2) is 9.19. The third kappa shape index (κ3) is 4.19. The van der Waals surface area contributed by atoms with Gasteiger partial charge in [0.2, 0.25) is 0 Å². The van der Waals surface area contributed by atoms with Crippen molar-refractivity contribution in [3.63, 3.8) is 0 Å². The summed E-state index contributed by atoms with van der Waals surface area (Å²) in [6.45, 7) is 6.51. The zero-order valence-electron chi connectivity index (χ0n) is 20.9. The zero-order chi connectivity index (χ0) is 24.7. The van der Waals surface area contributed by atoms with Gasteiger partial charge in [-0.2, -0.15) is 0 Å². The molecule has 0 amide bonds. The number of thiocarbonyl (C=S) groups is 1. The Morgan fingerprint density at radius 1 is 0.886 bits per heavy atom. The summed E-state index contributed by atoms with van der Waals surface area (Å²) in [7, 11) is 4.11. The van der Waals surface area contributed by atoms with E-state index in [0.717, 1.165) is 17.1 Å². The van der Waals surface area contributed by atoms with Crippen LogP contribution < -0.4 is 15.1 Å². The fourth-order valence-electron chi connectivity index (χ4n) is 5.11. The molecule has 3 heterocycles. The number of anilines is 2. The normalized spacial score (nSPS) is 17.5. The zero-order valence-corrected chi connectivity index (χ0v) is 21.7. The minimum absolute atomic E-state index is 0.0348. The molecule has 0 spiro atoms. The van der Waals surface area contributed by atoms with Gasteiger partial charge < -0.3 is 19.7 Å². The van der Waals surface area contributed by atoms with E-state index in [1.165, 1.54) is 28.2 Å². The lowest BCUT2D eigenvalue weighted by atomic mass is 9.96. The molecular formula is C29H31N5S. The van der Waals surface area contributed by atoms with Crippen molar-refractivity contribution in [2.75, 3.05) is 23.9 Å². The number of nitrogens with one attached hydrogen (secondary N) is 1. The summed E-state index contributed by atoms with van der Waals surface area (Å²) in [5, 5.41) is 4.30. The van der Waals surface area contributed by atoms with E-state index in [-0.39, 0.29) is 12.1 Å². The van der Waals surface area contributed by atoms with Crippen LogP contribution in [0.3, 0.4) is 0 Å². The van der Waals surface area contributed by atoms with Crippen LogP contribution in [0.2, 0.25) is 0 Å². The molecule has 2 unspecified atom stereocenters. The molecule has 0 saturated carbocycles. The van der Waals surface area contributed by atoms with Crippen LogP contribution in [0.5, 0.6) is 0 Å². The summed E-state index contributed by atoms with van der Waals surface area (Å²) >= 11 is 5.92. The highest BCUT2D eigenvalue weighted by atomic mass is 32.1. The maximum Gasteiger partial charge on any atom is 0.174 e. The highest BCUT2D eigenvalue weighted by molar-refractivity contribution is 7.80. The van der Waals surface area contributed by atoms with Crippen LogP contribution in [-0.2, 0) is 0 Å². The number of nitrogens with zero attached hydrogens (tertiary/aromatic N) is 4. The molecule has 1 saturated heterocycles. The first-order valence-electron chi connectivity index (χ1n) is 11.9. The van der Waals surface area contributed by atoms with Crippen LogP contribution >= 0.6 is 12.2 Å². The van der Waals surface area contributed by atoms with E-state index in [1.54, 1.807) is 0 Å². The van der Waals surface area contributed by atoms with Gasteiger partial charge in [0.15, 0.2) is 5.11 Å². The number of pyridine rings is 1. The van der Waals surface area contributed by atoms with E-state index in [1.807, 2.05) is 18.3 Å². The van der Waals surface area contributed by atoms with Crippen molar-refractivity contribution in [3.8, 4) is 5.69 Å². The van der Waals surface area contributed by atoms with Crippen LogP contribution in [0.25, 0.3) is 5.69 Å². The molecule has 1 fully saturated rings. The lowest BCUT2D eigenvalue weighted by molar-refractivity contribution is 0.565. The van der Waals surface area contributed by atoms with Crippen molar-refractivity contribution in [1.29, 1.82) is 0 Å². The van der Waals surface area contributed by atoms with E-state index in [4.69, 9.17) is 17.2 Å². The first-order valence-corrected chi connectivity index (χ1v) is 12.3. The Balaban J connectivity index is 1.66. The predicted octanol–water partition coefficient (Wildman–Crippen LogP) is 6.04. The van der Waals surface area contributed by atoms with Crippen molar-refractivity contribution in [3.05, 3.63) is 107 Å². The van der Waals surface area contributed by atoms with Gasteiger partial charge in [-0.05, 0) is 98.7 Å². The Kier molecular flexibility index (Phi) is 6.07. The predicted molar refractivity (Wildman–Crippen MR) is 149 cm³/mol. The Morgan fingerprint density at radius 3 is 2.31 bits per heavy atom. The largest absolute Gasteiger partial charge is 0.378 e. The molecule has 1 N–H and O–H groups in total. The summed E-state index contributed by atoms with van der Waals surface area (Å²) in [6.07, 6.45) is 1.85. The molecule has 5 nitrogen and oxygen atoms in total. The number of benzene rings is 2. The number of aryl methyl sites for hydroxylation is 2. The quantitative estimate of drug-likeness (QED) is 0.352. The molecule has 2 atom stereocenters. The molecule has 2 aromatic carbocycles. The van der Waals surface area contributed by atoms with Gasteiger partial charge in [0.05, 0.1) is 17.8 Å². The number of hydrogen-bond acceptors (Lipinski definition) is 3.